The highest BCUT2D eigenvalue weighted by Crippen LogP contribution is 2.27. The van der Waals surface area contributed by atoms with Crippen LogP contribution in [0.15, 0.2) is 48.5 Å². The molecule has 0 radical (unpaired) electrons. The Bertz CT molecular complexity index is 715. The standard InChI is InChI=1S/C22H28N2O2/c1-18-10-9-13-20(25)22(18)23-21(26)17-24(14-7-2-3-8-15-24)16-19-11-5-4-6-12-19/h4-6,9-13H,2-3,7-8,14-17H2,1H3,(H-,23,25,26)/p+1. The van der Waals surface area contributed by atoms with Crippen molar-refractivity contribution in [2.45, 2.75) is 39.2 Å². The molecule has 2 aromatic rings. The Morgan fingerprint density at radius 1 is 1.00 bits per heavy atom. The molecule has 2 N–H and O–H groups in total. The molecule has 4 heteroatoms. The molecule has 1 aliphatic heterocycles. The number of quaternary nitrogens is 1. The number of hydrogen-bond acceptors (Lipinski definition) is 2. The number of anilines is 1. The van der Waals surface area contributed by atoms with Crippen LogP contribution in [0.3, 0.4) is 0 Å². The Morgan fingerprint density at radius 2 is 1.69 bits per heavy atom. The first-order valence-electron chi connectivity index (χ1n) is 9.55. The zero-order valence-corrected chi connectivity index (χ0v) is 15.6. The Labute approximate surface area is 156 Å². The van der Waals surface area contributed by atoms with Crippen molar-refractivity contribution >= 4 is 11.6 Å². The monoisotopic (exact) mass is 353 g/mol. The highest BCUT2D eigenvalue weighted by atomic mass is 16.3. The van der Waals surface area contributed by atoms with Gasteiger partial charge in [0.2, 0.25) is 0 Å². The van der Waals surface area contributed by atoms with Gasteiger partial charge in [0.1, 0.15) is 12.3 Å². The Hall–Kier alpha value is -2.33. The van der Waals surface area contributed by atoms with Gasteiger partial charge in [-0.1, -0.05) is 42.5 Å². The van der Waals surface area contributed by atoms with Crippen LogP contribution in [0, 0.1) is 6.92 Å². The molecule has 1 amide bonds. The molecule has 1 saturated heterocycles. The summed E-state index contributed by atoms with van der Waals surface area (Å²) in [5.41, 5.74) is 2.69. The van der Waals surface area contributed by atoms with Gasteiger partial charge in [-0.2, -0.15) is 0 Å². The molecule has 0 saturated carbocycles. The van der Waals surface area contributed by atoms with E-state index in [2.05, 4.69) is 29.6 Å². The zero-order chi connectivity index (χ0) is 18.4. The molecule has 0 bridgehead atoms. The number of para-hydroxylation sites is 1. The van der Waals surface area contributed by atoms with E-state index >= 15 is 0 Å². The molecular weight excluding hydrogens is 324 g/mol. The minimum atomic E-state index is -0.0209. The Morgan fingerprint density at radius 3 is 2.35 bits per heavy atom. The number of phenols is 1. The Balaban J connectivity index is 1.77. The van der Waals surface area contributed by atoms with E-state index in [0.29, 0.717) is 12.2 Å². The molecular formula is C22H29N2O2+. The number of benzene rings is 2. The van der Waals surface area contributed by atoms with Gasteiger partial charge in [-0.15, -0.1) is 0 Å². The van der Waals surface area contributed by atoms with E-state index in [0.717, 1.165) is 42.5 Å². The molecule has 138 valence electrons. The maximum absolute atomic E-state index is 12.9. The summed E-state index contributed by atoms with van der Waals surface area (Å²) in [4.78, 5) is 12.9. The van der Waals surface area contributed by atoms with Gasteiger partial charge in [-0.3, -0.25) is 4.79 Å². The second-order valence-electron chi connectivity index (χ2n) is 7.52. The van der Waals surface area contributed by atoms with Crippen molar-refractivity contribution in [2.75, 3.05) is 25.0 Å². The minimum Gasteiger partial charge on any atom is -0.506 e. The number of aromatic hydroxyl groups is 1. The lowest BCUT2D eigenvalue weighted by molar-refractivity contribution is -0.932. The summed E-state index contributed by atoms with van der Waals surface area (Å²) in [6.07, 6.45) is 4.81. The molecule has 0 spiro atoms. The molecule has 4 nitrogen and oxygen atoms in total. The smallest absolute Gasteiger partial charge is 0.279 e. The third kappa shape index (κ3) is 4.64. The van der Waals surface area contributed by atoms with Crippen molar-refractivity contribution in [3.05, 3.63) is 59.7 Å². The van der Waals surface area contributed by atoms with Gasteiger partial charge in [-0.05, 0) is 44.2 Å². The predicted octanol–water partition coefficient (Wildman–Crippen LogP) is 4.23. The predicted molar refractivity (Wildman–Crippen MR) is 105 cm³/mol. The molecule has 0 unspecified atom stereocenters. The average molecular weight is 353 g/mol. The first-order chi connectivity index (χ1) is 12.6. The van der Waals surface area contributed by atoms with Gasteiger partial charge in [-0.25, -0.2) is 0 Å². The number of likely N-dealkylation sites (tertiary alicyclic amines) is 1. The van der Waals surface area contributed by atoms with Crippen LogP contribution in [0.1, 0.15) is 36.8 Å². The normalized spacial score (nSPS) is 16.7. The lowest BCUT2D eigenvalue weighted by Gasteiger charge is -2.37. The van der Waals surface area contributed by atoms with Crippen molar-refractivity contribution in [2.24, 2.45) is 0 Å². The molecule has 1 fully saturated rings. The van der Waals surface area contributed by atoms with Crippen LogP contribution in [0.2, 0.25) is 0 Å². The number of phenolic OH excluding ortho intramolecular Hbond substituents is 1. The highest BCUT2D eigenvalue weighted by molar-refractivity contribution is 5.93. The lowest BCUT2D eigenvalue weighted by atomic mass is 10.1. The Kier molecular flexibility index (Phi) is 5.94. The van der Waals surface area contributed by atoms with E-state index in [9.17, 15) is 9.90 Å². The largest absolute Gasteiger partial charge is 0.506 e. The number of carbonyl (C=O) groups excluding carboxylic acids is 1. The molecule has 1 heterocycles. The summed E-state index contributed by atoms with van der Waals surface area (Å²) >= 11 is 0. The summed E-state index contributed by atoms with van der Waals surface area (Å²) in [5.74, 6) is 0.108. The second kappa shape index (κ2) is 8.37. The summed E-state index contributed by atoms with van der Waals surface area (Å²) in [6, 6.07) is 15.8. The first-order valence-corrected chi connectivity index (χ1v) is 9.55. The second-order valence-corrected chi connectivity index (χ2v) is 7.52. The number of rotatable bonds is 5. The van der Waals surface area contributed by atoms with Crippen LogP contribution in [0.5, 0.6) is 5.75 Å². The molecule has 3 rings (SSSR count). The van der Waals surface area contributed by atoms with Crippen LogP contribution < -0.4 is 5.32 Å². The van der Waals surface area contributed by atoms with Gasteiger partial charge >= 0.3 is 0 Å². The molecule has 26 heavy (non-hydrogen) atoms. The number of carbonyl (C=O) groups is 1. The fourth-order valence-corrected chi connectivity index (χ4v) is 4.00. The quantitative estimate of drug-likeness (QED) is 0.624. The average Bonchev–Trinajstić information content (AvgIpc) is 2.85. The summed E-state index contributed by atoms with van der Waals surface area (Å²) in [6.45, 7) is 5.29. The first kappa shape index (κ1) is 18.5. The van der Waals surface area contributed by atoms with E-state index in [-0.39, 0.29) is 11.7 Å². The molecule has 0 aromatic heterocycles. The van der Waals surface area contributed by atoms with E-state index in [1.165, 1.54) is 18.4 Å². The van der Waals surface area contributed by atoms with Crippen molar-refractivity contribution in [1.29, 1.82) is 0 Å². The van der Waals surface area contributed by atoms with Crippen LogP contribution in [-0.2, 0) is 11.3 Å². The van der Waals surface area contributed by atoms with Crippen molar-refractivity contribution in [3.8, 4) is 5.75 Å². The number of hydrogen-bond donors (Lipinski definition) is 2. The molecule has 0 aliphatic carbocycles. The van der Waals surface area contributed by atoms with Gasteiger partial charge in [0.05, 0.1) is 18.8 Å². The fourth-order valence-electron chi connectivity index (χ4n) is 4.00. The van der Waals surface area contributed by atoms with Gasteiger partial charge in [0.15, 0.2) is 6.54 Å². The van der Waals surface area contributed by atoms with Crippen molar-refractivity contribution < 1.29 is 14.4 Å². The minimum absolute atomic E-state index is 0.0209. The SMILES string of the molecule is Cc1cccc(O)c1NC(=O)C[N+]1(Cc2ccccc2)CCCCCC1. The van der Waals surface area contributed by atoms with Crippen LogP contribution in [0.25, 0.3) is 0 Å². The maximum atomic E-state index is 12.9. The van der Waals surface area contributed by atoms with Crippen LogP contribution in [0.4, 0.5) is 5.69 Å². The number of aryl methyl sites for hydroxylation is 1. The number of amides is 1. The highest BCUT2D eigenvalue weighted by Gasteiger charge is 2.32. The zero-order valence-electron chi connectivity index (χ0n) is 15.6. The van der Waals surface area contributed by atoms with Gasteiger partial charge in [0.25, 0.3) is 5.91 Å². The third-order valence-electron chi connectivity index (χ3n) is 5.37. The lowest BCUT2D eigenvalue weighted by Crippen LogP contribution is -2.52. The van der Waals surface area contributed by atoms with Gasteiger partial charge in [0, 0.05) is 5.56 Å². The van der Waals surface area contributed by atoms with Crippen molar-refractivity contribution in [1.82, 2.24) is 0 Å². The topological polar surface area (TPSA) is 49.3 Å². The number of nitrogens with one attached hydrogen (secondary N) is 1. The fraction of sp³-hybridized carbons (Fsp3) is 0.409. The van der Waals surface area contributed by atoms with E-state index in [4.69, 9.17) is 0 Å². The molecule has 1 aliphatic rings. The van der Waals surface area contributed by atoms with Crippen molar-refractivity contribution in [3.63, 3.8) is 0 Å². The number of nitrogens with zero attached hydrogens (tertiary/aromatic N) is 1. The van der Waals surface area contributed by atoms with E-state index in [1.807, 2.05) is 19.1 Å². The molecule has 0 atom stereocenters. The molecule has 2 aromatic carbocycles. The summed E-state index contributed by atoms with van der Waals surface area (Å²) < 4.78 is 0.794. The van der Waals surface area contributed by atoms with Crippen LogP contribution >= 0.6 is 0 Å². The maximum Gasteiger partial charge on any atom is 0.279 e. The third-order valence-corrected chi connectivity index (χ3v) is 5.37. The van der Waals surface area contributed by atoms with E-state index in [1.54, 1.807) is 12.1 Å². The van der Waals surface area contributed by atoms with E-state index < -0.39 is 0 Å². The summed E-state index contributed by atoms with van der Waals surface area (Å²) in [5, 5.41) is 13.0. The summed E-state index contributed by atoms with van der Waals surface area (Å²) in [7, 11) is 0. The van der Waals surface area contributed by atoms with Gasteiger partial charge < -0.3 is 14.9 Å². The van der Waals surface area contributed by atoms with Crippen LogP contribution in [-0.4, -0.2) is 35.1 Å².